The first kappa shape index (κ1) is 15.7. The fourth-order valence-corrected chi connectivity index (χ4v) is 2.69. The van der Waals surface area contributed by atoms with Crippen molar-refractivity contribution in [3.8, 4) is 11.1 Å². The zero-order valence-electron chi connectivity index (χ0n) is 13.3. The molecule has 1 aliphatic heterocycles. The zero-order chi connectivity index (χ0) is 16.4. The molecule has 0 bridgehead atoms. The van der Waals surface area contributed by atoms with Crippen molar-refractivity contribution < 1.29 is 19.4 Å². The molecule has 1 fully saturated rings. The Bertz CT molecular complexity index is 719. The summed E-state index contributed by atoms with van der Waals surface area (Å²) in [6, 6.07) is 13.5. The van der Waals surface area contributed by atoms with Gasteiger partial charge in [0.2, 0.25) is 0 Å². The summed E-state index contributed by atoms with van der Waals surface area (Å²) in [5, 5.41) is 9.17. The largest absolute Gasteiger partial charge is 0.478 e. The number of ether oxygens (including phenoxy) is 2. The van der Waals surface area contributed by atoms with Crippen LogP contribution in [0.1, 0.15) is 34.5 Å². The first-order valence-corrected chi connectivity index (χ1v) is 7.72. The summed E-state index contributed by atoms with van der Waals surface area (Å²) < 4.78 is 11.1. The van der Waals surface area contributed by atoms with E-state index in [4.69, 9.17) is 14.6 Å². The van der Waals surface area contributed by atoms with E-state index in [-0.39, 0.29) is 12.2 Å². The van der Waals surface area contributed by atoms with Crippen molar-refractivity contribution in [2.24, 2.45) is 0 Å². The standard InChI is InChI=1S/C19H20O4/c1-12-9-14(7-8-16(12)19(20)21)18-6-4-3-5-17(18)13(2)22-10-15-11-23-15/h3-9,13,15H,10-11H2,1-2H3,(H,20,21)/t13-,15?/m1/s1. The number of carboxylic acid groups (broad SMARTS) is 1. The quantitative estimate of drug-likeness (QED) is 0.823. The number of aromatic carboxylic acids is 1. The highest BCUT2D eigenvalue weighted by atomic mass is 16.6. The van der Waals surface area contributed by atoms with Crippen LogP contribution in [-0.4, -0.2) is 30.4 Å². The number of carbonyl (C=O) groups is 1. The topological polar surface area (TPSA) is 59.1 Å². The zero-order valence-corrected chi connectivity index (χ0v) is 13.3. The van der Waals surface area contributed by atoms with Crippen LogP contribution in [0.25, 0.3) is 11.1 Å². The van der Waals surface area contributed by atoms with Crippen molar-refractivity contribution in [1.82, 2.24) is 0 Å². The van der Waals surface area contributed by atoms with Gasteiger partial charge in [-0.1, -0.05) is 36.4 Å². The monoisotopic (exact) mass is 312 g/mol. The van der Waals surface area contributed by atoms with Gasteiger partial charge >= 0.3 is 5.97 Å². The van der Waals surface area contributed by atoms with Crippen LogP contribution in [-0.2, 0) is 9.47 Å². The summed E-state index contributed by atoms with van der Waals surface area (Å²) in [5.41, 5.74) is 4.25. The van der Waals surface area contributed by atoms with Crippen molar-refractivity contribution in [2.45, 2.75) is 26.1 Å². The molecule has 0 saturated carbocycles. The summed E-state index contributed by atoms with van der Waals surface area (Å²) >= 11 is 0. The van der Waals surface area contributed by atoms with Crippen LogP contribution < -0.4 is 0 Å². The fraction of sp³-hybridized carbons (Fsp3) is 0.316. The molecule has 2 aromatic rings. The van der Waals surface area contributed by atoms with Gasteiger partial charge in [-0.05, 0) is 42.2 Å². The van der Waals surface area contributed by atoms with Crippen LogP contribution >= 0.6 is 0 Å². The summed E-state index contributed by atoms with van der Waals surface area (Å²) in [5.74, 6) is -0.900. The molecule has 23 heavy (non-hydrogen) atoms. The highest BCUT2D eigenvalue weighted by Crippen LogP contribution is 2.31. The van der Waals surface area contributed by atoms with E-state index >= 15 is 0 Å². The Balaban J connectivity index is 1.89. The summed E-state index contributed by atoms with van der Waals surface area (Å²) in [4.78, 5) is 11.2. The van der Waals surface area contributed by atoms with Crippen LogP contribution in [0.2, 0.25) is 0 Å². The minimum absolute atomic E-state index is 0.0464. The number of benzene rings is 2. The third kappa shape index (κ3) is 3.60. The lowest BCUT2D eigenvalue weighted by molar-refractivity contribution is 0.0543. The predicted octanol–water partition coefficient (Wildman–Crippen LogP) is 3.84. The van der Waals surface area contributed by atoms with Gasteiger partial charge in [-0.25, -0.2) is 4.79 Å². The first-order chi connectivity index (χ1) is 11.1. The van der Waals surface area contributed by atoms with E-state index in [2.05, 4.69) is 0 Å². The van der Waals surface area contributed by atoms with Gasteiger partial charge in [-0.2, -0.15) is 0 Å². The molecule has 120 valence electrons. The molecule has 1 unspecified atom stereocenters. The highest BCUT2D eigenvalue weighted by molar-refractivity contribution is 5.90. The molecule has 1 N–H and O–H groups in total. The number of carboxylic acids is 1. The van der Waals surface area contributed by atoms with Crippen molar-refractivity contribution >= 4 is 5.97 Å². The SMILES string of the molecule is Cc1cc(-c2ccccc2[C@@H](C)OCC2CO2)ccc1C(=O)O. The van der Waals surface area contributed by atoms with Gasteiger partial charge in [0.25, 0.3) is 0 Å². The molecule has 4 nitrogen and oxygen atoms in total. The lowest BCUT2D eigenvalue weighted by atomic mass is 9.94. The lowest BCUT2D eigenvalue weighted by Crippen LogP contribution is -2.07. The average Bonchev–Trinajstić information content (AvgIpc) is 3.36. The number of aryl methyl sites for hydroxylation is 1. The van der Waals surface area contributed by atoms with Crippen molar-refractivity contribution in [3.63, 3.8) is 0 Å². The summed E-state index contributed by atoms with van der Waals surface area (Å²) in [6.07, 6.45) is 0.191. The Morgan fingerprint density at radius 2 is 2.09 bits per heavy atom. The van der Waals surface area contributed by atoms with Crippen LogP contribution in [0.15, 0.2) is 42.5 Å². The predicted molar refractivity (Wildman–Crippen MR) is 87.7 cm³/mol. The second-order valence-corrected chi connectivity index (χ2v) is 5.85. The molecular weight excluding hydrogens is 292 g/mol. The Kier molecular flexibility index (Phi) is 4.46. The molecule has 2 atom stereocenters. The molecule has 0 amide bonds. The third-order valence-electron chi connectivity index (χ3n) is 4.10. The van der Waals surface area contributed by atoms with E-state index < -0.39 is 5.97 Å². The number of epoxide rings is 1. The second-order valence-electron chi connectivity index (χ2n) is 5.85. The molecule has 4 heteroatoms. The Morgan fingerprint density at radius 1 is 1.35 bits per heavy atom. The second kappa shape index (κ2) is 6.52. The van der Waals surface area contributed by atoms with E-state index in [0.717, 1.165) is 28.9 Å². The Labute approximate surface area is 135 Å². The van der Waals surface area contributed by atoms with Gasteiger partial charge in [0, 0.05) is 0 Å². The van der Waals surface area contributed by atoms with Crippen molar-refractivity contribution in [1.29, 1.82) is 0 Å². The first-order valence-electron chi connectivity index (χ1n) is 7.72. The van der Waals surface area contributed by atoms with Gasteiger partial charge < -0.3 is 14.6 Å². The summed E-state index contributed by atoms with van der Waals surface area (Å²) in [6.45, 7) is 5.23. The maximum atomic E-state index is 11.2. The maximum absolute atomic E-state index is 11.2. The van der Waals surface area contributed by atoms with Crippen molar-refractivity contribution in [2.75, 3.05) is 13.2 Å². The Hall–Kier alpha value is -2.17. The molecule has 3 rings (SSSR count). The molecule has 0 spiro atoms. The Morgan fingerprint density at radius 3 is 2.74 bits per heavy atom. The minimum atomic E-state index is -0.900. The fourth-order valence-electron chi connectivity index (χ4n) is 2.69. The van der Waals surface area contributed by atoms with Gasteiger partial charge in [0.05, 0.1) is 24.9 Å². The lowest BCUT2D eigenvalue weighted by Gasteiger charge is -2.17. The number of rotatable bonds is 6. The molecule has 1 aliphatic rings. The minimum Gasteiger partial charge on any atom is -0.478 e. The molecular formula is C19H20O4. The number of hydrogen-bond donors (Lipinski definition) is 1. The van der Waals surface area contributed by atoms with Gasteiger partial charge in [-0.3, -0.25) is 0 Å². The van der Waals surface area contributed by atoms with E-state index in [1.54, 1.807) is 6.07 Å². The molecule has 0 aliphatic carbocycles. The number of hydrogen-bond acceptors (Lipinski definition) is 3. The van der Waals surface area contributed by atoms with E-state index in [1.807, 2.05) is 50.2 Å². The summed E-state index contributed by atoms with van der Waals surface area (Å²) in [7, 11) is 0. The van der Waals surface area contributed by atoms with Crippen LogP contribution in [0.5, 0.6) is 0 Å². The molecule has 0 radical (unpaired) electrons. The van der Waals surface area contributed by atoms with Gasteiger partial charge in [-0.15, -0.1) is 0 Å². The molecule has 2 aromatic carbocycles. The van der Waals surface area contributed by atoms with Crippen LogP contribution in [0.3, 0.4) is 0 Å². The average molecular weight is 312 g/mol. The van der Waals surface area contributed by atoms with E-state index in [9.17, 15) is 4.79 Å². The van der Waals surface area contributed by atoms with Crippen LogP contribution in [0.4, 0.5) is 0 Å². The smallest absolute Gasteiger partial charge is 0.335 e. The van der Waals surface area contributed by atoms with Crippen LogP contribution in [0, 0.1) is 6.92 Å². The maximum Gasteiger partial charge on any atom is 0.335 e. The molecule has 1 heterocycles. The third-order valence-corrected chi connectivity index (χ3v) is 4.10. The molecule has 0 aromatic heterocycles. The van der Waals surface area contributed by atoms with Gasteiger partial charge in [0.15, 0.2) is 0 Å². The normalized spacial score (nSPS) is 17.7. The van der Waals surface area contributed by atoms with Crippen molar-refractivity contribution in [3.05, 3.63) is 59.2 Å². The molecule has 1 saturated heterocycles. The highest BCUT2D eigenvalue weighted by Gasteiger charge is 2.24. The van der Waals surface area contributed by atoms with Gasteiger partial charge in [0.1, 0.15) is 6.10 Å². The van der Waals surface area contributed by atoms with E-state index in [0.29, 0.717) is 12.2 Å². The van der Waals surface area contributed by atoms with E-state index in [1.165, 1.54) is 0 Å².